The predicted octanol–water partition coefficient (Wildman–Crippen LogP) is 2.73. The molecule has 0 aliphatic heterocycles. The minimum Gasteiger partial charge on any atom is -0.492 e. The van der Waals surface area contributed by atoms with E-state index in [1.165, 1.54) is 5.56 Å². The lowest BCUT2D eigenvalue weighted by Gasteiger charge is -2.18. The first-order valence-electron chi connectivity index (χ1n) is 7.22. The van der Waals surface area contributed by atoms with Crippen LogP contribution in [0.5, 0.6) is 5.75 Å². The maximum absolute atomic E-state index is 5.91. The van der Waals surface area contributed by atoms with Crippen LogP contribution in [-0.2, 0) is 0 Å². The van der Waals surface area contributed by atoms with Crippen LogP contribution in [0.2, 0.25) is 0 Å². The number of likely N-dealkylation sites (N-methyl/N-ethyl adjacent to an activating group) is 1. The molecule has 0 fully saturated rings. The highest BCUT2D eigenvalue weighted by atomic mass is 16.5. The van der Waals surface area contributed by atoms with Crippen molar-refractivity contribution in [2.45, 2.75) is 26.2 Å². The van der Waals surface area contributed by atoms with Gasteiger partial charge in [-0.2, -0.15) is 0 Å². The van der Waals surface area contributed by atoms with Gasteiger partial charge in [-0.15, -0.1) is 0 Å². The van der Waals surface area contributed by atoms with E-state index in [-0.39, 0.29) is 0 Å². The molecule has 0 radical (unpaired) electrons. The van der Waals surface area contributed by atoms with Crippen LogP contribution in [0.3, 0.4) is 0 Å². The van der Waals surface area contributed by atoms with E-state index in [0.717, 1.165) is 38.4 Å². The van der Waals surface area contributed by atoms with E-state index in [2.05, 4.69) is 56.4 Å². The molecule has 0 aliphatic rings. The minimum absolute atomic E-state index is 0.523. The van der Waals surface area contributed by atoms with E-state index in [1.807, 2.05) is 6.07 Å². The number of benzene rings is 1. The van der Waals surface area contributed by atoms with Crippen molar-refractivity contribution in [1.82, 2.24) is 10.2 Å². The molecule has 1 N–H and O–H groups in total. The second kappa shape index (κ2) is 8.94. The van der Waals surface area contributed by atoms with Gasteiger partial charge in [0.05, 0.1) is 0 Å². The number of hydrogen-bond acceptors (Lipinski definition) is 3. The predicted molar refractivity (Wildman–Crippen MR) is 82.1 cm³/mol. The first-order chi connectivity index (χ1) is 9.15. The highest BCUT2D eigenvalue weighted by Gasteiger charge is 2.10. The van der Waals surface area contributed by atoms with Gasteiger partial charge in [0.1, 0.15) is 12.4 Å². The second-order valence-electron chi connectivity index (χ2n) is 5.23. The molecule has 0 saturated carbocycles. The molecule has 108 valence electrons. The summed E-state index contributed by atoms with van der Waals surface area (Å²) < 4.78 is 5.91. The fraction of sp³-hybridized carbons (Fsp3) is 0.625. The molecule has 1 atom stereocenters. The summed E-state index contributed by atoms with van der Waals surface area (Å²) in [5.74, 6) is 1.56. The van der Waals surface area contributed by atoms with Crippen LogP contribution >= 0.6 is 0 Å². The summed E-state index contributed by atoms with van der Waals surface area (Å²) in [4.78, 5) is 2.14. The van der Waals surface area contributed by atoms with Crippen LogP contribution in [0.25, 0.3) is 0 Å². The minimum atomic E-state index is 0.523. The van der Waals surface area contributed by atoms with Crippen LogP contribution in [-0.4, -0.2) is 45.2 Å². The Balaban J connectivity index is 2.56. The van der Waals surface area contributed by atoms with Gasteiger partial charge in [0.2, 0.25) is 0 Å². The van der Waals surface area contributed by atoms with Crippen molar-refractivity contribution in [3.8, 4) is 5.75 Å². The summed E-state index contributed by atoms with van der Waals surface area (Å²) >= 11 is 0. The van der Waals surface area contributed by atoms with Gasteiger partial charge in [-0.25, -0.2) is 0 Å². The molecule has 1 aromatic rings. The Labute approximate surface area is 118 Å². The second-order valence-corrected chi connectivity index (χ2v) is 5.23. The third kappa shape index (κ3) is 6.08. The molecule has 0 heterocycles. The van der Waals surface area contributed by atoms with Crippen molar-refractivity contribution in [3.63, 3.8) is 0 Å². The van der Waals surface area contributed by atoms with Crippen LogP contribution in [0.15, 0.2) is 24.3 Å². The van der Waals surface area contributed by atoms with Crippen LogP contribution in [0, 0.1) is 0 Å². The lowest BCUT2D eigenvalue weighted by Crippen LogP contribution is -2.20. The number of nitrogens with one attached hydrogen (secondary N) is 1. The van der Waals surface area contributed by atoms with Gasteiger partial charge in [0.25, 0.3) is 0 Å². The summed E-state index contributed by atoms with van der Waals surface area (Å²) in [6.45, 7) is 8.19. The van der Waals surface area contributed by atoms with Crippen LogP contribution in [0.4, 0.5) is 0 Å². The summed E-state index contributed by atoms with van der Waals surface area (Å²) in [5.41, 5.74) is 1.32. The number of hydrogen-bond donors (Lipinski definition) is 1. The van der Waals surface area contributed by atoms with E-state index in [4.69, 9.17) is 4.74 Å². The van der Waals surface area contributed by atoms with Crippen molar-refractivity contribution in [1.29, 1.82) is 0 Å². The van der Waals surface area contributed by atoms with E-state index in [1.54, 1.807) is 0 Å². The number of ether oxygens (including phenoxy) is 1. The zero-order valence-electron chi connectivity index (χ0n) is 12.8. The molecule has 3 nitrogen and oxygen atoms in total. The Morgan fingerprint density at radius 2 is 2.00 bits per heavy atom. The largest absolute Gasteiger partial charge is 0.492 e. The van der Waals surface area contributed by atoms with Gasteiger partial charge in [-0.1, -0.05) is 32.0 Å². The van der Waals surface area contributed by atoms with E-state index in [0.29, 0.717) is 5.92 Å². The molecule has 0 aliphatic carbocycles. The summed E-state index contributed by atoms with van der Waals surface area (Å²) in [6, 6.07) is 8.40. The maximum atomic E-state index is 5.91. The Morgan fingerprint density at radius 1 is 1.26 bits per heavy atom. The molecule has 1 aromatic carbocycles. The van der Waals surface area contributed by atoms with Crippen molar-refractivity contribution in [3.05, 3.63) is 29.8 Å². The smallest absolute Gasteiger partial charge is 0.122 e. The van der Waals surface area contributed by atoms with E-state index >= 15 is 0 Å². The molecule has 0 spiro atoms. The third-order valence-corrected chi connectivity index (χ3v) is 3.25. The first-order valence-corrected chi connectivity index (χ1v) is 7.22. The zero-order valence-corrected chi connectivity index (χ0v) is 12.8. The highest BCUT2D eigenvalue weighted by Crippen LogP contribution is 2.28. The van der Waals surface area contributed by atoms with Crippen LogP contribution in [0.1, 0.15) is 31.7 Å². The fourth-order valence-corrected chi connectivity index (χ4v) is 2.01. The van der Waals surface area contributed by atoms with Crippen molar-refractivity contribution in [2.24, 2.45) is 0 Å². The van der Waals surface area contributed by atoms with Gasteiger partial charge in [-0.05, 0) is 51.2 Å². The van der Waals surface area contributed by atoms with Crippen molar-refractivity contribution in [2.75, 3.05) is 40.3 Å². The standard InChI is InChI=1S/C16H28N2O/c1-5-17-11-10-14(2)15-8-6-7-9-16(15)19-13-12-18(3)4/h6-9,14,17H,5,10-13H2,1-4H3. The molecule has 0 bridgehead atoms. The molecule has 0 saturated heterocycles. The van der Waals surface area contributed by atoms with Gasteiger partial charge in [0, 0.05) is 6.54 Å². The normalized spacial score (nSPS) is 12.7. The SMILES string of the molecule is CCNCCC(C)c1ccccc1OCCN(C)C. The monoisotopic (exact) mass is 264 g/mol. The van der Waals surface area contributed by atoms with Gasteiger partial charge in [-0.3, -0.25) is 0 Å². The van der Waals surface area contributed by atoms with E-state index < -0.39 is 0 Å². The molecule has 19 heavy (non-hydrogen) atoms. The number of nitrogens with zero attached hydrogens (tertiary/aromatic N) is 1. The summed E-state index contributed by atoms with van der Waals surface area (Å²) in [6.07, 6.45) is 1.14. The first kappa shape index (κ1) is 16.0. The fourth-order valence-electron chi connectivity index (χ4n) is 2.01. The topological polar surface area (TPSA) is 24.5 Å². The van der Waals surface area contributed by atoms with Gasteiger partial charge >= 0.3 is 0 Å². The summed E-state index contributed by atoms with van der Waals surface area (Å²) in [5, 5.41) is 3.38. The Hall–Kier alpha value is -1.06. The van der Waals surface area contributed by atoms with Gasteiger partial charge < -0.3 is 15.0 Å². The molecule has 1 rings (SSSR count). The highest BCUT2D eigenvalue weighted by molar-refractivity contribution is 5.35. The number of para-hydroxylation sites is 1. The molecule has 1 unspecified atom stereocenters. The lowest BCUT2D eigenvalue weighted by molar-refractivity contribution is 0.258. The zero-order chi connectivity index (χ0) is 14.1. The number of rotatable bonds is 9. The average molecular weight is 264 g/mol. The average Bonchev–Trinajstić information content (AvgIpc) is 2.39. The molecule has 0 aromatic heterocycles. The Kier molecular flexibility index (Phi) is 7.53. The lowest BCUT2D eigenvalue weighted by atomic mass is 9.97. The Bertz CT molecular complexity index is 352. The quantitative estimate of drug-likeness (QED) is 0.694. The molecule has 3 heteroatoms. The van der Waals surface area contributed by atoms with Crippen LogP contribution < -0.4 is 10.1 Å². The van der Waals surface area contributed by atoms with Gasteiger partial charge in [0.15, 0.2) is 0 Å². The maximum Gasteiger partial charge on any atom is 0.122 e. The summed E-state index contributed by atoms with van der Waals surface area (Å²) in [7, 11) is 4.13. The molecule has 0 amide bonds. The molecular formula is C16H28N2O. The van der Waals surface area contributed by atoms with Crippen molar-refractivity contribution < 1.29 is 4.74 Å². The van der Waals surface area contributed by atoms with E-state index in [9.17, 15) is 0 Å². The molecular weight excluding hydrogens is 236 g/mol. The Morgan fingerprint density at radius 3 is 2.68 bits per heavy atom. The van der Waals surface area contributed by atoms with Crippen molar-refractivity contribution >= 4 is 0 Å². The third-order valence-electron chi connectivity index (χ3n) is 3.25.